The van der Waals surface area contributed by atoms with Gasteiger partial charge in [-0.1, -0.05) is 13.8 Å². The third-order valence-corrected chi connectivity index (χ3v) is 8.01. The Bertz CT molecular complexity index is 1080. The van der Waals surface area contributed by atoms with Crippen LogP contribution in [0.2, 0.25) is 0 Å². The van der Waals surface area contributed by atoms with Crippen molar-refractivity contribution < 1.29 is 18.0 Å². The van der Waals surface area contributed by atoms with Gasteiger partial charge in [-0.25, -0.2) is 13.4 Å². The van der Waals surface area contributed by atoms with Gasteiger partial charge in [-0.2, -0.15) is 4.31 Å². The number of aromatic nitrogens is 2. The molecule has 2 aromatic rings. The molecule has 10 heteroatoms. The lowest BCUT2D eigenvalue weighted by Gasteiger charge is -2.18. The Balaban J connectivity index is 1.57. The molecule has 3 rings (SSSR count). The molecule has 0 aliphatic carbocycles. The van der Waals surface area contributed by atoms with Crippen LogP contribution in [-0.4, -0.2) is 71.7 Å². The van der Waals surface area contributed by atoms with E-state index in [9.17, 15) is 18.0 Å². The zero-order valence-corrected chi connectivity index (χ0v) is 19.9. The van der Waals surface area contributed by atoms with Crippen LogP contribution in [-0.2, 0) is 33.1 Å². The molecule has 9 nitrogen and oxygen atoms in total. The van der Waals surface area contributed by atoms with Crippen LogP contribution in [0.3, 0.4) is 0 Å². The number of hydrogen-bond acceptors (Lipinski definition) is 5. The molecule has 1 aliphatic heterocycles. The van der Waals surface area contributed by atoms with Gasteiger partial charge in [0.1, 0.15) is 5.82 Å². The fourth-order valence-electron chi connectivity index (χ4n) is 4.08. The van der Waals surface area contributed by atoms with Gasteiger partial charge in [0, 0.05) is 59.0 Å². The third kappa shape index (κ3) is 5.29. The number of benzene rings is 1. The summed E-state index contributed by atoms with van der Waals surface area (Å²) in [6.45, 7) is 6.49. The van der Waals surface area contributed by atoms with Crippen molar-refractivity contribution in [3.8, 4) is 0 Å². The first-order valence-corrected chi connectivity index (χ1v) is 12.7. The first-order valence-electron chi connectivity index (χ1n) is 11.3. The average molecular weight is 464 g/mol. The number of carbonyl (C=O) groups excluding carboxylic acids is 2. The van der Waals surface area contributed by atoms with Gasteiger partial charge in [-0.15, -0.1) is 0 Å². The highest BCUT2D eigenvalue weighted by atomic mass is 32.2. The number of likely N-dealkylation sites (tertiary alicyclic amines) is 1. The predicted molar refractivity (Wildman–Crippen MR) is 123 cm³/mol. The number of fused-ring (bicyclic) bond motifs is 1. The van der Waals surface area contributed by atoms with Crippen molar-refractivity contribution in [3.63, 3.8) is 0 Å². The molecule has 1 fully saturated rings. The summed E-state index contributed by atoms with van der Waals surface area (Å²) in [6.07, 6.45) is 3.05. The topological polar surface area (TPSA) is 105 Å². The number of hydrogen-bond donors (Lipinski definition) is 1. The zero-order valence-electron chi connectivity index (χ0n) is 19.1. The summed E-state index contributed by atoms with van der Waals surface area (Å²) in [4.78, 5) is 30.5. The molecule has 2 heterocycles. The van der Waals surface area contributed by atoms with Gasteiger partial charge < -0.3 is 14.8 Å². The summed E-state index contributed by atoms with van der Waals surface area (Å²) in [5.74, 6) is 0.871. The lowest BCUT2D eigenvalue weighted by atomic mass is 10.2. The van der Waals surface area contributed by atoms with E-state index in [0.29, 0.717) is 51.0 Å². The van der Waals surface area contributed by atoms with Crippen molar-refractivity contribution in [2.45, 2.75) is 50.8 Å². The number of rotatable bonds is 11. The van der Waals surface area contributed by atoms with Crippen molar-refractivity contribution in [2.24, 2.45) is 7.05 Å². The fraction of sp³-hybridized carbons (Fsp3) is 0.591. The number of nitrogens with zero attached hydrogens (tertiary/aromatic N) is 4. The Morgan fingerprint density at radius 2 is 2.00 bits per heavy atom. The number of imidazole rings is 1. The number of amides is 2. The summed E-state index contributed by atoms with van der Waals surface area (Å²) in [5.41, 5.74) is 1.43. The number of sulfonamides is 1. The summed E-state index contributed by atoms with van der Waals surface area (Å²) >= 11 is 0. The molecule has 0 spiro atoms. The number of aryl methyl sites for hydroxylation is 2. The predicted octanol–water partition coefficient (Wildman–Crippen LogP) is 1.67. The molecule has 0 saturated carbocycles. The van der Waals surface area contributed by atoms with Gasteiger partial charge in [0.2, 0.25) is 21.8 Å². The lowest BCUT2D eigenvalue weighted by Crippen LogP contribution is -2.30. The minimum atomic E-state index is -3.55. The van der Waals surface area contributed by atoms with Crippen molar-refractivity contribution in [1.82, 2.24) is 24.1 Å². The van der Waals surface area contributed by atoms with E-state index >= 15 is 0 Å². The van der Waals surface area contributed by atoms with Crippen LogP contribution >= 0.6 is 0 Å². The molecule has 32 heavy (non-hydrogen) atoms. The SMILES string of the molecule is CCN(CC)S(=O)(=O)c1ccc2c(c1)nc(CCC(=O)NCCCN1CCCC1=O)n2C. The maximum Gasteiger partial charge on any atom is 0.243 e. The summed E-state index contributed by atoms with van der Waals surface area (Å²) in [5, 5.41) is 2.90. The Hall–Kier alpha value is -2.46. The zero-order chi connectivity index (χ0) is 23.3. The Kier molecular flexibility index (Phi) is 7.89. The van der Waals surface area contributed by atoms with E-state index in [1.807, 2.05) is 30.4 Å². The molecular weight excluding hydrogens is 430 g/mol. The van der Waals surface area contributed by atoms with E-state index in [-0.39, 0.29) is 16.7 Å². The largest absolute Gasteiger partial charge is 0.356 e. The molecule has 1 aromatic carbocycles. The van der Waals surface area contributed by atoms with Crippen LogP contribution in [0, 0.1) is 0 Å². The summed E-state index contributed by atoms with van der Waals surface area (Å²) < 4.78 is 28.9. The van der Waals surface area contributed by atoms with Crippen LogP contribution in [0.1, 0.15) is 45.4 Å². The van der Waals surface area contributed by atoms with E-state index in [2.05, 4.69) is 10.3 Å². The second kappa shape index (κ2) is 10.4. The summed E-state index contributed by atoms with van der Waals surface area (Å²) in [7, 11) is -1.68. The highest BCUT2D eigenvalue weighted by molar-refractivity contribution is 7.89. The molecule has 1 aliphatic rings. The Labute approximate surface area is 189 Å². The molecule has 1 N–H and O–H groups in total. The highest BCUT2D eigenvalue weighted by Gasteiger charge is 2.23. The monoisotopic (exact) mass is 463 g/mol. The number of nitrogens with one attached hydrogen (secondary N) is 1. The van der Waals surface area contributed by atoms with E-state index < -0.39 is 10.0 Å². The Morgan fingerprint density at radius 3 is 2.66 bits per heavy atom. The van der Waals surface area contributed by atoms with Gasteiger partial charge in [-0.05, 0) is 31.0 Å². The summed E-state index contributed by atoms with van der Waals surface area (Å²) in [6, 6.07) is 4.98. The molecule has 0 bridgehead atoms. The van der Waals surface area contributed by atoms with Crippen molar-refractivity contribution in [1.29, 1.82) is 0 Å². The van der Waals surface area contributed by atoms with E-state index in [1.165, 1.54) is 4.31 Å². The fourth-order valence-corrected chi connectivity index (χ4v) is 5.56. The maximum atomic E-state index is 12.8. The van der Waals surface area contributed by atoms with E-state index in [0.717, 1.165) is 30.7 Å². The average Bonchev–Trinajstić information content (AvgIpc) is 3.32. The molecule has 0 unspecified atom stereocenters. The standard InChI is InChI=1S/C22H33N5O4S/c1-4-27(5-2)32(30,31)17-9-10-19-18(16-17)24-20(25(19)3)11-12-21(28)23-13-7-15-26-14-6-8-22(26)29/h9-10,16H,4-8,11-15H2,1-3H3,(H,23,28). The van der Waals surface area contributed by atoms with Gasteiger partial charge >= 0.3 is 0 Å². The van der Waals surface area contributed by atoms with Crippen LogP contribution < -0.4 is 5.32 Å². The van der Waals surface area contributed by atoms with Gasteiger partial charge in [0.15, 0.2) is 0 Å². The molecular formula is C22H33N5O4S. The normalized spacial score (nSPS) is 14.6. The molecule has 1 saturated heterocycles. The van der Waals surface area contributed by atoms with Crippen LogP contribution in [0.15, 0.2) is 23.1 Å². The maximum absolute atomic E-state index is 12.8. The molecule has 0 atom stereocenters. The van der Waals surface area contributed by atoms with Gasteiger partial charge in [0.25, 0.3) is 0 Å². The third-order valence-electron chi connectivity index (χ3n) is 5.96. The van der Waals surface area contributed by atoms with Crippen molar-refractivity contribution >= 4 is 32.9 Å². The minimum Gasteiger partial charge on any atom is -0.356 e. The van der Waals surface area contributed by atoms with Crippen molar-refractivity contribution in [3.05, 3.63) is 24.0 Å². The van der Waals surface area contributed by atoms with Crippen LogP contribution in [0.4, 0.5) is 0 Å². The van der Waals surface area contributed by atoms with Crippen LogP contribution in [0.5, 0.6) is 0 Å². The van der Waals surface area contributed by atoms with E-state index in [4.69, 9.17) is 0 Å². The molecule has 2 amide bonds. The smallest absolute Gasteiger partial charge is 0.243 e. The van der Waals surface area contributed by atoms with E-state index in [1.54, 1.807) is 18.2 Å². The molecule has 0 radical (unpaired) electrons. The second-order valence-electron chi connectivity index (χ2n) is 8.01. The molecule has 1 aromatic heterocycles. The minimum absolute atomic E-state index is 0.0606. The first kappa shape index (κ1) is 24.2. The lowest BCUT2D eigenvalue weighted by molar-refractivity contribution is -0.127. The second-order valence-corrected chi connectivity index (χ2v) is 9.95. The highest BCUT2D eigenvalue weighted by Crippen LogP contribution is 2.22. The number of carbonyl (C=O) groups is 2. The Morgan fingerprint density at radius 1 is 1.25 bits per heavy atom. The molecule has 176 valence electrons. The van der Waals surface area contributed by atoms with Crippen molar-refractivity contribution in [2.75, 3.05) is 32.7 Å². The van der Waals surface area contributed by atoms with Crippen LogP contribution in [0.25, 0.3) is 11.0 Å². The van der Waals surface area contributed by atoms with Gasteiger partial charge in [0.05, 0.1) is 15.9 Å². The first-order chi connectivity index (χ1) is 15.3. The quantitative estimate of drug-likeness (QED) is 0.511. The van der Waals surface area contributed by atoms with Gasteiger partial charge in [-0.3, -0.25) is 9.59 Å².